The van der Waals surface area contributed by atoms with Crippen molar-refractivity contribution < 1.29 is 23.0 Å². The number of methoxy groups -OCH3 is 2. The lowest BCUT2D eigenvalue weighted by atomic mass is 10.4. The van der Waals surface area contributed by atoms with Crippen LogP contribution >= 0.6 is 0 Å². The van der Waals surface area contributed by atoms with Crippen LogP contribution in [-0.2, 0) is 19.5 Å². The van der Waals surface area contributed by atoms with E-state index in [0.29, 0.717) is 19.4 Å². The molecule has 6 nitrogen and oxygen atoms in total. The fourth-order valence-corrected chi connectivity index (χ4v) is 2.26. The second-order valence-corrected chi connectivity index (χ2v) is 5.34. The summed E-state index contributed by atoms with van der Waals surface area (Å²) in [5.41, 5.74) is 0. The van der Waals surface area contributed by atoms with E-state index in [4.69, 9.17) is 14.6 Å². The standard InChI is InChI=1S/C9H21NO5S/c1-14-8-9(15-2)7-10-16(12,13)6-4-3-5-11/h9-11H,3-8H2,1-2H3. The highest BCUT2D eigenvalue weighted by Gasteiger charge is 2.13. The Morgan fingerprint density at radius 1 is 1.31 bits per heavy atom. The first-order chi connectivity index (χ1) is 7.55. The summed E-state index contributed by atoms with van der Waals surface area (Å²) in [4.78, 5) is 0. The minimum absolute atomic E-state index is 0.0138. The summed E-state index contributed by atoms with van der Waals surface area (Å²) in [5, 5.41) is 8.54. The van der Waals surface area contributed by atoms with Crippen molar-refractivity contribution in [2.24, 2.45) is 0 Å². The lowest BCUT2D eigenvalue weighted by Gasteiger charge is -2.15. The van der Waals surface area contributed by atoms with Crippen LogP contribution in [0.2, 0.25) is 0 Å². The van der Waals surface area contributed by atoms with Crippen molar-refractivity contribution in [1.29, 1.82) is 0 Å². The van der Waals surface area contributed by atoms with Gasteiger partial charge in [0.2, 0.25) is 10.0 Å². The summed E-state index contributed by atoms with van der Waals surface area (Å²) in [6.45, 7) is 0.557. The molecule has 1 atom stereocenters. The van der Waals surface area contributed by atoms with Crippen molar-refractivity contribution in [3.05, 3.63) is 0 Å². The molecule has 0 heterocycles. The van der Waals surface area contributed by atoms with Crippen molar-refractivity contribution in [2.75, 3.05) is 39.7 Å². The van der Waals surface area contributed by atoms with Crippen molar-refractivity contribution in [3.8, 4) is 0 Å². The van der Waals surface area contributed by atoms with Gasteiger partial charge in [0.05, 0.1) is 18.5 Å². The molecule has 0 radical (unpaired) electrons. The van der Waals surface area contributed by atoms with Crippen LogP contribution in [0.25, 0.3) is 0 Å². The minimum Gasteiger partial charge on any atom is -0.396 e. The third-order valence-corrected chi connectivity index (χ3v) is 3.47. The Morgan fingerprint density at radius 3 is 2.50 bits per heavy atom. The van der Waals surface area contributed by atoms with Crippen LogP contribution < -0.4 is 4.72 Å². The number of hydrogen-bond acceptors (Lipinski definition) is 5. The van der Waals surface area contributed by atoms with Gasteiger partial charge in [-0.2, -0.15) is 0 Å². The van der Waals surface area contributed by atoms with Crippen molar-refractivity contribution in [3.63, 3.8) is 0 Å². The molecule has 0 aliphatic heterocycles. The molecular weight excluding hydrogens is 234 g/mol. The first kappa shape index (κ1) is 15.8. The van der Waals surface area contributed by atoms with E-state index >= 15 is 0 Å². The number of nitrogens with one attached hydrogen (secondary N) is 1. The maximum Gasteiger partial charge on any atom is 0.211 e. The Morgan fingerprint density at radius 2 is 2.00 bits per heavy atom. The van der Waals surface area contributed by atoms with Gasteiger partial charge in [-0.3, -0.25) is 0 Å². The predicted octanol–water partition coefficient (Wildman–Crippen LogP) is -0.660. The Bertz CT molecular complexity index is 255. The van der Waals surface area contributed by atoms with Crippen molar-refractivity contribution in [2.45, 2.75) is 18.9 Å². The van der Waals surface area contributed by atoms with Crippen LogP contribution in [0, 0.1) is 0 Å². The SMILES string of the molecule is COCC(CNS(=O)(=O)CCCCO)OC. The van der Waals surface area contributed by atoms with E-state index < -0.39 is 10.0 Å². The molecule has 0 aliphatic carbocycles. The molecule has 98 valence electrons. The van der Waals surface area contributed by atoms with E-state index in [1.54, 1.807) is 0 Å². The average Bonchev–Trinajstić information content (AvgIpc) is 2.24. The summed E-state index contributed by atoms with van der Waals surface area (Å²) in [5.74, 6) is 0.0248. The molecule has 16 heavy (non-hydrogen) atoms. The topological polar surface area (TPSA) is 84.9 Å². The van der Waals surface area contributed by atoms with Gasteiger partial charge in [0.25, 0.3) is 0 Å². The summed E-state index contributed by atoms with van der Waals surface area (Å²) < 4.78 is 35.2. The van der Waals surface area contributed by atoms with E-state index in [2.05, 4.69) is 4.72 Å². The molecule has 2 N–H and O–H groups in total. The molecule has 7 heteroatoms. The lowest BCUT2D eigenvalue weighted by molar-refractivity contribution is 0.0320. The number of sulfonamides is 1. The zero-order valence-corrected chi connectivity index (χ0v) is 10.6. The maximum absolute atomic E-state index is 11.4. The van der Waals surface area contributed by atoms with E-state index in [-0.39, 0.29) is 25.0 Å². The van der Waals surface area contributed by atoms with Gasteiger partial charge in [-0.15, -0.1) is 0 Å². The first-order valence-corrected chi connectivity index (χ1v) is 6.81. The maximum atomic E-state index is 11.4. The Kier molecular flexibility index (Phi) is 8.77. The third kappa shape index (κ3) is 8.00. The van der Waals surface area contributed by atoms with E-state index in [0.717, 1.165) is 0 Å². The van der Waals surface area contributed by atoms with Gasteiger partial charge in [-0.1, -0.05) is 0 Å². The first-order valence-electron chi connectivity index (χ1n) is 5.15. The smallest absolute Gasteiger partial charge is 0.211 e. The number of aliphatic hydroxyl groups is 1. The Labute approximate surface area is 97.0 Å². The zero-order chi connectivity index (χ0) is 12.4. The Balaban J connectivity index is 3.87. The predicted molar refractivity (Wildman–Crippen MR) is 60.8 cm³/mol. The van der Waals surface area contributed by atoms with Gasteiger partial charge in [0.1, 0.15) is 0 Å². The molecule has 1 unspecified atom stereocenters. The van der Waals surface area contributed by atoms with E-state index in [1.807, 2.05) is 0 Å². The van der Waals surface area contributed by atoms with Crippen LogP contribution in [0.3, 0.4) is 0 Å². The monoisotopic (exact) mass is 255 g/mol. The van der Waals surface area contributed by atoms with Gasteiger partial charge >= 0.3 is 0 Å². The minimum atomic E-state index is -3.27. The number of unbranched alkanes of at least 4 members (excludes halogenated alkanes) is 1. The van der Waals surface area contributed by atoms with Crippen LogP contribution in [-0.4, -0.2) is 59.4 Å². The molecule has 0 bridgehead atoms. The number of hydrogen-bond donors (Lipinski definition) is 2. The van der Waals surface area contributed by atoms with Crippen LogP contribution in [0.5, 0.6) is 0 Å². The van der Waals surface area contributed by atoms with Crippen LogP contribution in [0.15, 0.2) is 0 Å². The average molecular weight is 255 g/mol. The van der Waals surface area contributed by atoms with Crippen LogP contribution in [0.4, 0.5) is 0 Å². The summed E-state index contributed by atoms with van der Waals surface area (Å²) in [6, 6.07) is 0. The van der Waals surface area contributed by atoms with E-state index in [1.165, 1.54) is 14.2 Å². The second-order valence-electron chi connectivity index (χ2n) is 3.41. The molecule has 0 aromatic heterocycles. The van der Waals surface area contributed by atoms with E-state index in [9.17, 15) is 8.42 Å². The van der Waals surface area contributed by atoms with Crippen molar-refractivity contribution >= 4 is 10.0 Å². The lowest BCUT2D eigenvalue weighted by Crippen LogP contribution is -2.36. The molecular formula is C9H21NO5S. The van der Waals surface area contributed by atoms with Gasteiger partial charge in [0, 0.05) is 27.4 Å². The number of ether oxygens (including phenoxy) is 2. The molecule has 0 saturated heterocycles. The summed E-state index contributed by atoms with van der Waals surface area (Å²) >= 11 is 0. The van der Waals surface area contributed by atoms with Gasteiger partial charge in [-0.05, 0) is 12.8 Å². The third-order valence-electron chi connectivity index (χ3n) is 2.04. The molecule has 0 aliphatic rings. The highest BCUT2D eigenvalue weighted by atomic mass is 32.2. The molecule has 0 fully saturated rings. The molecule has 0 amide bonds. The number of rotatable bonds is 10. The molecule has 0 aromatic rings. The molecule has 0 aromatic carbocycles. The Hall–Kier alpha value is -0.210. The number of aliphatic hydroxyl groups excluding tert-OH is 1. The molecule has 0 rings (SSSR count). The van der Waals surface area contributed by atoms with Gasteiger partial charge in [0.15, 0.2) is 0 Å². The second kappa shape index (κ2) is 8.89. The normalized spacial score (nSPS) is 13.9. The van der Waals surface area contributed by atoms with Crippen LogP contribution in [0.1, 0.15) is 12.8 Å². The largest absolute Gasteiger partial charge is 0.396 e. The fourth-order valence-electron chi connectivity index (χ4n) is 1.09. The fraction of sp³-hybridized carbons (Fsp3) is 1.00. The molecule has 0 spiro atoms. The highest BCUT2D eigenvalue weighted by molar-refractivity contribution is 7.89. The molecule has 0 saturated carbocycles. The van der Waals surface area contributed by atoms with Gasteiger partial charge in [-0.25, -0.2) is 13.1 Å². The quantitative estimate of drug-likeness (QED) is 0.506. The highest BCUT2D eigenvalue weighted by Crippen LogP contribution is 1.96. The summed E-state index contributed by atoms with van der Waals surface area (Å²) in [6.07, 6.45) is 0.665. The zero-order valence-electron chi connectivity index (χ0n) is 9.81. The van der Waals surface area contributed by atoms with Gasteiger partial charge < -0.3 is 14.6 Å². The summed E-state index contributed by atoms with van der Waals surface area (Å²) in [7, 11) is -0.241. The van der Waals surface area contributed by atoms with Crippen molar-refractivity contribution in [1.82, 2.24) is 4.72 Å².